The fourth-order valence-electron chi connectivity index (χ4n) is 2.85. The van der Waals surface area contributed by atoms with E-state index >= 15 is 0 Å². The normalized spacial score (nSPS) is 12.1. The molecule has 1 atom stereocenters. The third-order valence-electron chi connectivity index (χ3n) is 4.77. The summed E-state index contributed by atoms with van der Waals surface area (Å²) in [4.78, 5) is 16.6. The smallest absolute Gasteiger partial charge is 0.265 e. The largest absolute Gasteiger partial charge is 0.481 e. The number of rotatable bonds is 8. The molecule has 0 saturated carbocycles. The molecular weight excluding hydrogens is 414 g/mol. The molecule has 162 valence electrons. The quantitative estimate of drug-likeness (QED) is 0.546. The number of hydrogen-bond donors (Lipinski definition) is 2. The molecule has 0 aliphatic rings. The Bertz CT molecular complexity index is 1150. The van der Waals surface area contributed by atoms with Gasteiger partial charge in [-0.25, -0.2) is 8.42 Å². The molecule has 3 aromatic rings. The van der Waals surface area contributed by atoms with Gasteiger partial charge in [0.2, 0.25) is 0 Å². The Morgan fingerprint density at radius 3 is 2.39 bits per heavy atom. The van der Waals surface area contributed by atoms with Gasteiger partial charge in [-0.1, -0.05) is 13.0 Å². The van der Waals surface area contributed by atoms with Crippen molar-refractivity contribution in [3.05, 3.63) is 78.1 Å². The second-order valence-electron chi connectivity index (χ2n) is 7.12. The van der Waals surface area contributed by atoms with Gasteiger partial charge in [0.05, 0.1) is 16.8 Å². The van der Waals surface area contributed by atoms with E-state index in [2.05, 4.69) is 15.0 Å². The summed E-state index contributed by atoms with van der Waals surface area (Å²) in [6, 6.07) is 14.9. The predicted octanol–water partition coefficient (Wildman–Crippen LogP) is 4.30. The van der Waals surface area contributed by atoms with Crippen LogP contribution in [0.15, 0.2) is 71.9 Å². The van der Waals surface area contributed by atoms with Crippen molar-refractivity contribution in [3.63, 3.8) is 0 Å². The number of aryl methyl sites for hydroxylation is 2. The molecule has 2 aromatic carbocycles. The molecule has 0 spiro atoms. The van der Waals surface area contributed by atoms with Crippen LogP contribution in [0.25, 0.3) is 0 Å². The van der Waals surface area contributed by atoms with E-state index in [-0.39, 0.29) is 10.8 Å². The molecule has 1 amide bonds. The molecule has 1 heterocycles. The van der Waals surface area contributed by atoms with E-state index < -0.39 is 16.1 Å². The zero-order valence-corrected chi connectivity index (χ0v) is 18.4. The minimum absolute atomic E-state index is 0.0766. The lowest BCUT2D eigenvalue weighted by Crippen LogP contribution is -2.32. The molecule has 0 bridgehead atoms. The SMILES string of the molecule is CC[C@H](Oc1ccc(C)c(C)c1)C(=O)Nc1ccc(S(=O)(=O)Nc2cccnc2)cc1. The van der Waals surface area contributed by atoms with Crippen LogP contribution in [-0.4, -0.2) is 25.4 Å². The highest BCUT2D eigenvalue weighted by Crippen LogP contribution is 2.21. The highest BCUT2D eigenvalue weighted by atomic mass is 32.2. The number of carbonyl (C=O) groups is 1. The summed E-state index contributed by atoms with van der Waals surface area (Å²) in [6.07, 6.45) is 2.80. The van der Waals surface area contributed by atoms with Gasteiger partial charge in [0, 0.05) is 11.9 Å². The molecule has 7 nitrogen and oxygen atoms in total. The Hall–Kier alpha value is -3.39. The number of hydrogen-bond acceptors (Lipinski definition) is 5. The zero-order chi connectivity index (χ0) is 22.4. The lowest BCUT2D eigenvalue weighted by Gasteiger charge is -2.18. The van der Waals surface area contributed by atoms with Gasteiger partial charge in [-0.05, 0) is 79.9 Å². The van der Waals surface area contributed by atoms with E-state index in [9.17, 15) is 13.2 Å². The fourth-order valence-corrected chi connectivity index (χ4v) is 3.89. The Morgan fingerprint density at radius 2 is 1.77 bits per heavy atom. The van der Waals surface area contributed by atoms with Crippen molar-refractivity contribution in [2.45, 2.75) is 38.2 Å². The van der Waals surface area contributed by atoms with Crippen molar-refractivity contribution < 1.29 is 17.9 Å². The van der Waals surface area contributed by atoms with E-state index in [1.807, 2.05) is 39.0 Å². The van der Waals surface area contributed by atoms with Crippen LogP contribution in [0.4, 0.5) is 11.4 Å². The molecule has 0 fully saturated rings. The maximum atomic E-state index is 12.6. The molecule has 0 radical (unpaired) electrons. The van der Waals surface area contributed by atoms with Crippen LogP contribution < -0.4 is 14.8 Å². The van der Waals surface area contributed by atoms with Gasteiger partial charge in [0.25, 0.3) is 15.9 Å². The van der Waals surface area contributed by atoms with E-state index in [1.165, 1.54) is 18.3 Å². The Kier molecular flexibility index (Phi) is 6.91. The third-order valence-corrected chi connectivity index (χ3v) is 6.16. The summed E-state index contributed by atoms with van der Waals surface area (Å²) in [5.41, 5.74) is 3.09. The average Bonchev–Trinajstić information content (AvgIpc) is 2.75. The fraction of sp³-hybridized carbons (Fsp3) is 0.217. The maximum absolute atomic E-state index is 12.6. The highest BCUT2D eigenvalue weighted by molar-refractivity contribution is 7.92. The maximum Gasteiger partial charge on any atom is 0.265 e. The number of benzene rings is 2. The van der Waals surface area contributed by atoms with Crippen molar-refractivity contribution in [3.8, 4) is 5.75 Å². The first-order valence-corrected chi connectivity index (χ1v) is 11.3. The predicted molar refractivity (Wildman–Crippen MR) is 121 cm³/mol. The number of anilines is 2. The number of ether oxygens (including phenoxy) is 1. The summed E-state index contributed by atoms with van der Waals surface area (Å²) in [6.45, 7) is 5.87. The molecule has 0 unspecified atom stereocenters. The molecule has 8 heteroatoms. The van der Waals surface area contributed by atoms with Crippen LogP contribution in [0.2, 0.25) is 0 Å². The van der Waals surface area contributed by atoms with Crippen LogP contribution in [0.5, 0.6) is 5.75 Å². The second kappa shape index (κ2) is 9.61. The van der Waals surface area contributed by atoms with Crippen molar-refractivity contribution in [2.75, 3.05) is 10.0 Å². The summed E-state index contributed by atoms with van der Waals surface area (Å²) in [5.74, 6) is 0.331. The standard InChI is InChI=1S/C23H25N3O4S/c1-4-22(30-20-10-7-16(2)17(3)14-20)23(27)25-18-8-11-21(12-9-18)31(28,29)26-19-6-5-13-24-15-19/h5-15,22,26H,4H2,1-3H3,(H,25,27)/t22-/m0/s1. The number of sulfonamides is 1. The molecule has 0 saturated heterocycles. The average molecular weight is 440 g/mol. The molecule has 0 aliphatic carbocycles. The van der Waals surface area contributed by atoms with Crippen LogP contribution in [0.1, 0.15) is 24.5 Å². The molecule has 31 heavy (non-hydrogen) atoms. The first-order valence-electron chi connectivity index (χ1n) is 9.86. The summed E-state index contributed by atoms with van der Waals surface area (Å²) in [5, 5.41) is 2.78. The Morgan fingerprint density at radius 1 is 1.03 bits per heavy atom. The first-order chi connectivity index (χ1) is 14.8. The monoisotopic (exact) mass is 439 g/mol. The molecule has 2 N–H and O–H groups in total. The van der Waals surface area contributed by atoms with Gasteiger partial charge in [-0.2, -0.15) is 0 Å². The highest BCUT2D eigenvalue weighted by Gasteiger charge is 2.20. The summed E-state index contributed by atoms with van der Waals surface area (Å²) >= 11 is 0. The van der Waals surface area contributed by atoms with Crippen molar-refractivity contribution in [1.29, 1.82) is 0 Å². The Balaban J connectivity index is 1.66. The van der Waals surface area contributed by atoms with Gasteiger partial charge in [-0.3, -0.25) is 14.5 Å². The van der Waals surface area contributed by atoms with Crippen molar-refractivity contribution in [1.82, 2.24) is 4.98 Å². The second-order valence-corrected chi connectivity index (χ2v) is 8.80. The molecule has 0 aliphatic heterocycles. The zero-order valence-electron chi connectivity index (χ0n) is 17.6. The summed E-state index contributed by atoms with van der Waals surface area (Å²) < 4.78 is 33.3. The van der Waals surface area contributed by atoms with Crippen LogP contribution in [-0.2, 0) is 14.8 Å². The van der Waals surface area contributed by atoms with Crippen LogP contribution >= 0.6 is 0 Å². The number of nitrogens with one attached hydrogen (secondary N) is 2. The van der Waals surface area contributed by atoms with Gasteiger partial charge in [-0.15, -0.1) is 0 Å². The van der Waals surface area contributed by atoms with Gasteiger partial charge in [0.15, 0.2) is 6.10 Å². The molecule has 3 rings (SSSR count). The van der Waals surface area contributed by atoms with Crippen LogP contribution in [0.3, 0.4) is 0 Å². The topological polar surface area (TPSA) is 97.4 Å². The lowest BCUT2D eigenvalue weighted by atomic mass is 10.1. The van der Waals surface area contributed by atoms with E-state index in [1.54, 1.807) is 30.5 Å². The van der Waals surface area contributed by atoms with Gasteiger partial charge < -0.3 is 10.1 Å². The third kappa shape index (κ3) is 5.82. The molecular formula is C23H25N3O4S. The number of amides is 1. The number of aromatic nitrogens is 1. The minimum Gasteiger partial charge on any atom is -0.481 e. The number of nitrogens with zero attached hydrogens (tertiary/aromatic N) is 1. The first kappa shape index (κ1) is 22.3. The Labute approximate surface area is 182 Å². The van der Waals surface area contributed by atoms with Crippen LogP contribution in [0, 0.1) is 13.8 Å². The number of pyridine rings is 1. The number of carbonyl (C=O) groups excluding carboxylic acids is 1. The van der Waals surface area contributed by atoms with E-state index in [0.29, 0.717) is 23.5 Å². The molecule has 1 aromatic heterocycles. The van der Waals surface area contributed by atoms with E-state index in [4.69, 9.17) is 4.74 Å². The summed E-state index contributed by atoms with van der Waals surface area (Å²) in [7, 11) is -3.76. The lowest BCUT2D eigenvalue weighted by molar-refractivity contribution is -0.122. The van der Waals surface area contributed by atoms with E-state index in [0.717, 1.165) is 11.1 Å². The van der Waals surface area contributed by atoms with Crippen molar-refractivity contribution >= 4 is 27.3 Å². The van der Waals surface area contributed by atoms with Gasteiger partial charge >= 0.3 is 0 Å². The van der Waals surface area contributed by atoms with Gasteiger partial charge in [0.1, 0.15) is 5.75 Å². The minimum atomic E-state index is -3.76. The van der Waals surface area contributed by atoms with Crippen molar-refractivity contribution in [2.24, 2.45) is 0 Å².